The van der Waals surface area contributed by atoms with Crippen LogP contribution >= 0.6 is 24.8 Å². The molecule has 1 amide bonds. The maximum Gasteiger partial charge on any atom is 0.224 e. The van der Waals surface area contributed by atoms with Crippen LogP contribution in [0.4, 0.5) is 4.39 Å². The molecule has 138 valence electrons. The molecule has 7 heteroatoms. The molecule has 1 aliphatic rings. The van der Waals surface area contributed by atoms with E-state index in [0.717, 1.165) is 38.0 Å². The van der Waals surface area contributed by atoms with Crippen molar-refractivity contribution in [3.05, 3.63) is 35.6 Å². The predicted octanol–water partition coefficient (Wildman–Crippen LogP) is 2.73. The Morgan fingerprint density at radius 3 is 2.29 bits per heavy atom. The first kappa shape index (κ1) is 23.1. The van der Waals surface area contributed by atoms with Crippen LogP contribution in [-0.2, 0) is 11.3 Å². The van der Waals surface area contributed by atoms with Crippen molar-refractivity contribution >= 4 is 30.7 Å². The van der Waals surface area contributed by atoms with Crippen LogP contribution in [0.15, 0.2) is 24.3 Å². The molecule has 1 aromatic carbocycles. The van der Waals surface area contributed by atoms with E-state index in [4.69, 9.17) is 5.73 Å². The highest BCUT2D eigenvalue weighted by Crippen LogP contribution is 2.15. The van der Waals surface area contributed by atoms with E-state index >= 15 is 0 Å². The van der Waals surface area contributed by atoms with E-state index < -0.39 is 0 Å². The lowest BCUT2D eigenvalue weighted by Crippen LogP contribution is -2.48. The Bertz CT molecular complexity index is 491. The molecule has 3 N–H and O–H groups in total. The fourth-order valence-electron chi connectivity index (χ4n) is 2.65. The summed E-state index contributed by atoms with van der Waals surface area (Å²) in [6.45, 7) is 6.43. The largest absolute Gasteiger partial charge is 0.353 e. The second kappa shape index (κ2) is 10.9. The molecule has 24 heavy (non-hydrogen) atoms. The summed E-state index contributed by atoms with van der Waals surface area (Å²) in [5.74, 6) is -0.308. The zero-order chi connectivity index (χ0) is 16.1. The number of likely N-dealkylation sites (tertiary alicyclic amines) is 1. The minimum Gasteiger partial charge on any atom is -0.353 e. The smallest absolute Gasteiger partial charge is 0.224 e. The Morgan fingerprint density at radius 1 is 1.25 bits per heavy atom. The average molecular weight is 380 g/mol. The highest BCUT2D eigenvalue weighted by Gasteiger charge is 2.24. The van der Waals surface area contributed by atoms with Gasteiger partial charge in [-0.1, -0.05) is 19.1 Å². The van der Waals surface area contributed by atoms with Gasteiger partial charge in [-0.05, 0) is 37.5 Å². The molecule has 0 bridgehead atoms. The molecule has 0 aliphatic carbocycles. The van der Waals surface area contributed by atoms with E-state index in [9.17, 15) is 9.18 Å². The van der Waals surface area contributed by atoms with Crippen LogP contribution in [-0.4, -0.2) is 36.0 Å². The summed E-state index contributed by atoms with van der Waals surface area (Å²) in [6.07, 6.45) is 1.89. The first-order valence-corrected chi connectivity index (χ1v) is 7.98. The van der Waals surface area contributed by atoms with Crippen molar-refractivity contribution in [2.45, 2.75) is 45.3 Å². The first-order chi connectivity index (χ1) is 10.5. The van der Waals surface area contributed by atoms with E-state index in [1.807, 2.05) is 26.0 Å². The second-order valence-corrected chi connectivity index (χ2v) is 6.33. The monoisotopic (exact) mass is 379 g/mol. The number of benzene rings is 1. The third-order valence-corrected chi connectivity index (χ3v) is 4.46. The Labute approximate surface area is 156 Å². The normalized spacial score (nSPS) is 18.0. The second-order valence-electron chi connectivity index (χ2n) is 6.33. The van der Waals surface area contributed by atoms with Crippen molar-refractivity contribution in [1.82, 2.24) is 10.2 Å². The molecule has 2 rings (SSSR count). The molecule has 1 fully saturated rings. The summed E-state index contributed by atoms with van der Waals surface area (Å²) in [5.41, 5.74) is 6.88. The van der Waals surface area contributed by atoms with E-state index in [0.29, 0.717) is 0 Å². The molecule has 0 radical (unpaired) electrons. The van der Waals surface area contributed by atoms with Gasteiger partial charge >= 0.3 is 0 Å². The van der Waals surface area contributed by atoms with Gasteiger partial charge < -0.3 is 11.1 Å². The number of nitrogens with zero attached hydrogens (tertiary/aromatic N) is 1. The average Bonchev–Trinajstić information content (AvgIpc) is 2.50. The fraction of sp³-hybridized carbons (Fsp3) is 0.588. The van der Waals surface area contributed by atoms with Crippen LogP contribution in [0.25, 0.3) is 0 Å². The number of nitrogens with two attached hydrogens (primary N) is 1. The van der Waals surface area contributed by atoms with Gasteiger partial charge in [0.1, 0.15) is 5.82 Å². The third kappa shape index (κ3) is 6.93. The number of piperidine rings is 1. The van der Waals surface area contributed by atoms with Crippen molar-refractivity contribution < 1.29 is 9.18 Å². The van der Waals surface area contributed by atoms with Gasteiger partial charge in [0.25, 0.3) is 0 Å². The SMILES string of the molecule is CC(N)C(C)C(=O)NC1CCN(Cc2ccc(F)cc2)CC1.Cl.Cl. The fourth-order valence-corrected chi connectivity index (χ4v) is 2.65. The highest BCUT2D eigenvalue weighted by molar-refractivity contribution is 5.85. The molecule has 1 saturated heterocycles. The summed E-state index contributed by atoms with van der Waals surface area (Å²) < 4.78 is 12.9. The molecule has 4 nitrogen and oxygen atoms in total. The maximum atomic E-state index is 12.9. The molecule has 2 atom stereocenters. The van der Waals surface area contributed by atoms with Crippen LogP contribution in [0.2, 0.25) is 0 Å². The lowest BCUT2D eigenvalue weighted by molar-refractivity contribution is -0.126. The Kier molecular flexibility index (Phi) is 10.5. The molecule has 2 unspecified atom stereocenters. The Morgan fingerprint density at radius 2 is 1.79 bits per heavy atom. The molecule has 1 aliphatic heterocycles. The first-order valence-electron chi connectivity index (χ1n) is 7.98. The van der Waals surface area contributed by atoms with Crippen molar-refractivity contribution in [3.8, 4) is 0 Å². The lowest BCUT2D eigenvalue weighted by Gasteiger charge is -2.33. The summed E-state index contributed by atoms with van der Waals surface area (Å²) in [6, 6.07) is 6.76. The summed E-state index contributed by atoms with van der Waals surface area (Å²) in [4.78, 5) is 14.4. The Hall–Kier alpha value is -0.880. The van der Waals surface area contributed by atoms with Crippen LogP contribution in [0, 0.1) is 11.7 Å². The standard InChI is InChI=1S/C17H26FN3O.2ClH/c1-12(13(2)19)17(22)20-16-7-9-21(10-8-16)11-14-3-5-15(18)6-4-14;;/h3-6,12-13,16H,7-11,19H2,1-2H3,(H,20,22);2*1H. The lowest BCUT2D eigenvalue weighted by atomic mass is 10.00. The van der Waals surface area contributed by atoms with Crippen LogP contribution < -0.4 is 11.1 Å². The number of rotatable bonds is 5. The van der Waals surface area contributed by atoms with Crippen LogP contribution in [0.5, 0.6) is 0 Å². The number of hydrogen-bond donors (Lipinski definition) is 2. The van der Waals surface area contributed by atoms with E-state index in [2.05, 4.69) is 10.2 Å². The van der Waals surface area contributed by atoms with Gasteiger partial charge in [-0.2, -0.15) is 0 Å². The minimum absolute atomic E-state index is 0. The highest BCUT2D eigenvalue weighted by atomic mass is 35.5. The number of carbonyl (C=O) groups is 1. The summed E-state index contributed by atoms with van der Waals surface area (Å²) in [5, 5.41) is 3.10. The van der Waals surface area contributed by atoms with Crippen LogP contribution in [0.1, 0.15) is 32.3 Å². The van der Waals surface area contributed by atoms with Gasteiger partial charge in [0.2, 0.25) is 5.91 Å². The summed E-state index contributed by atoms with van der Waals surface area (Å²) in [7, 11) is 0. The predicted molar refractivity (Wildman–Crippen MR) is 100 cm³/mol. The van der Waals surface area contributed by atoms with Gasteiger partial charge in [0.15, 0.2) is 0 Å². The number of nitrogens with one attached hydrogen (secondary N) is 1. The van der Waals surface area contributed by atoms with Crippen molar-refractivity contribution in [2.75, 3.05) is 13.1 Å². The topological polar surface area (TPSA) is 58.4 Å². The van der Waals surface area contributed by atoms with Crippen LogP contribution in [0.3, 0.4) is 0 Å². The number of halogens is 3. The quantitative estimate of drug-likeness (QED) is 0.826. The molecule has 1 aromatic rings. The zero-order valence-electron chi connectivity index (χ0n) is 14.2. The van der Waals surface area contributed by atoms with Gasteiger partial charge in [-0.25, -0.2) is 4.39 Å². The molecular weight excluding hydrogens is 352 g/mol. The number of carbonyl (C=O) groups excluding carboxylic acids is 1. The van der Waals surface area contributed by atoms with E-state index in [-0.39, 0.29) is 54.5 Å². The summed E-state index contributed by atoms with van der Waals surface area (Å²) >= 11 is 0. The molecule has 0 saturated carbocycles. The molecular formula is C17H28Cl2FN3O. The van der Waals surface area contributed by atoms with E-state index in [1.54, 1.807) is 0 Å². The zero-order valence-corrected chi connectivity index (χ0v) is 15.8. The molecule has 0 aromatic heterocycles. The van der Waals surface area contributed by atoms with Crippen molar-refractivity contribution in [1.29, 1.82) is 0 Å². The molecule has 0 spiro atoms. The Balaban J connectivity index is 0.00000264. The third-order valence-electron chi connectivity index (χ3n) is 4.46. The number of hydrogen-bond acceptors (Lipinski definition) is 3. The molecule has 1 heterocycles. The maximum absolute atomic E-state index is 12.9. The van der Waals surface area contributed by atoms with E-state index in [1.165, 1.54) is 12.1 Å². The van der Waals surface area contributed by atoms with Gasteiger partial charge in [0, 0.05) is 37.6 Å². The number of amides is 1. The van der Waals surface area contributed by atoms with Gasteiger partial charge in [-0.15, -0.1) is 24.8 Å². The minimum atomic E-state index is -0.201. The van der Waals surface area contributed by atoms with Gasteiger partial charge in [0.05, 0.1) is 0 Å². The van der Waals surface area contributed by atoms with Gasteiger partial charge in [-0.3, -0.25) is 9.69 Å². The van der Waals surface area contributed by atoms with Crippen molar-refractivity contribution in [2.24, 2.45) is 11.7 Å². The van der Waals surface area contributed by atoms with Crippen molar-refractivity contribution in [3.63, 3.8) is 0 Å².